The highest BCUT2D eigenvalue weighted by Gasteiger charge is 2.26. The topological polar surface area (TPSA) is 56.7 Å². The van der Waals surface area contributed by atoms with Gasteiger partial charge in [0.2, 0.25) is 0 Å². The van der Waals surface area contributed by atoms with Gasteiger partial charge in [0.15, 0.2) is 5.96 Å². The fraction of sp³-hybridized carbons (Fsp3) is 0.533. The summed E-state index contributed by atoms with van der Waals surface area (Å²) in [6.45, 7) is 2.37. The number of hydrogen-bond acceptors (Lipinski definition) is 2. The third kappa shape index (κ3) is 7.31. The van der Waals surface area contributed by atoms with Gasteiger partial charge in [-0.15, -0.1) is 0 Å². The Morgan fingerprint density at radius 2 is 1.91 bits per heavy atom. The monoisotopic (exact) mass is 317 g/mol. The zero-order chi connectivity index (χ0) is 16.4. The molecule has 0 amide bonds. The summed E-state index contributed by atoms with van der Waals surface area (Å²) in [4.78, 5) is 4.25. The van der Waals surface area contributed by atoms with E-state index in [1.54, 1.807) is 0 Å². The van der Waals surface area contributed by atoms with Crippen LogP contribution in [0.5, 0.6) is 0 Å². The number of rotatable bonds is 7. The Hall–Kier alpha value is -1.76. The summed E-state index contributed by atoms with van der Waals surface area (Å²) >= 11 is 0. The van der Waals surface area contributed by atoms with Crippen molar-refractivity contribution in [3.05, 3.63) is 35.9 Å². The zero-order valence-electron chi connectivity index (χ0n) is 12.5. The van der Waals surface area contributed by atoms with E-state index in [0.717, 1.165) is 5.56 Å². The van der Waals surface area contributed by atoms with Gasteiger partial charge in [-0.1, -0.05) is 30.3 Å². The Morgan fingerprint density at radius 3 is 2.45 bits per heavy atom. The van der Waals surface area contributed by atoms with Gasteiger partial charge in [0, 0.05) is 19.0 Å². The predicted octanol–water partition coefficient (Wildman–Crippen LogP) is 2.27. The average Bonchev–Trinajstić information content (AvgIpc) is 2.47. The van der Waals surface area contributed by atoms with Crippen molar-refractivity contribution in [2.45, 2.75) is 25.4 Å². The van der Waals surface area contributed by atoms with Crippen LogP contribution in [0.15, 0.2) is 35.3 Å². The summed E-state index contributed by atoms with van der Waals surface area (Å²) in [5.74, 6) is 0.139. The maximum absolute atomic E-state index is 12.1. The number of aliphatic hydroxyl groups excluding tert-OH is 1. The number of aliphatic hydroxyl groups is 1. The molecule has 1 atom stereocenters. The number of alkyl halides is 3. The van der Waals surface area contributed by atoms with Crippen LogP contribution in [-0.2, 0) is 0 Å². The van der Waals surface area contributed by atoms with Crippen molar-refractivity contribution in [3.63, 3.8) is 0 Å². The molecule has 0 heterocycles. The van der Waals surface area contributed by atoms with Gasteiger partial charge in [0.1, 0.15) is 0 Å². The van der Waals surface area contributed by atoms with E-state index in [9.17, 15) is 18.3 Å². The maximum atomic E-state index is 12.1. The van der Waals surface area contributed by atoms with E-state index in [4.69, 9.17) is 0 Å². The number of guanidine groups is 1. The van der Waals surface area contributed by atoms with E-state index < -0.39 is 12.6 Å². The van der Waals surface area contributed by atoms with Crippen molar-refractivity contribution >= 4 is 5.96 Å². The molecule has 1 unspecified atom stereocenters. The first-order valence-electron chi connectivity index (χ1n) is 7.21. The minimum Gasteiger partial charge on any atom is -0.396 e. The van der Waals surface area contributed by atoms with Crippen LogP contribution in [-0.4, -0.2) is 43.5 Å². The van der Waals surface area contributed by atoms with Gasteiger partial charge in [-0.25, -0.2) is 0 Å². The molecule has 4 nitrogen and oxygen atoms in total. The van der Waals surface area contributed by atoms with E-state index in [1.165, 1.54) is 0 Å². The van der Waals surface area contributed by atoms with E-state index in [-0.39, 0.29) is 19.1 Å². The molecule has 0 saturated heterocycles. The molecule has 7 heteroatoms. The molecule has 1 aromatic carbocycles. The molecule has 22 heavy (non-hydrogen) atoms. The lowest BCUT2D eigenvalue weighted by Gasteiger charge is -2.15. The van der Waals surface area contributed by atoms with Gasteiger partial charge >= 0.3 is 6.18 Å². The Labute approximate surface area is 128 Å². The second-order valence-electron chi connectivity index (χ2n) is 4.80. The minimum absolute atomic E-state index is 0.0739. The summed E-state index contributed by atoms with van der Waals surface area (Å²) in [6.07, 6.45) is -5.11. The highest BCUT2D eigenvalue weighted by molar-refractivity contribution is 5.79. The molecular weight excluding hydrogens is 295 g/mol. The Bertz CT molecular complexity index is 449. The molecule has 0 spiro atoms. The van der Waals surface area contributed by atoms with Crippen molar-refractivity contribution in [2.75, 3.05) is 26.2 Å². The molecule has 0 aliphatic carbocycles. The molecule has 124 valence electrons. The molecular formula is C15H22F3N3O. The van der Waals surface area contributed by atoms with Crippen LogP contribution in [0, 0.1) is 0 Å². The molecule has 0 bridgehead atoms. The van der Waals surface area contributed by atoms with E-state index in [1.807, 2.05) is 37.3 Å². The van der Waals surface area contributed by atoms with Crippen LogP contribution in [0.2, 0.25) is 0 Å². The minimum atomic E-state index is -4.19. The number of benzene rings is 1. The first-order chi connectivity index (χ1) is 10.5. The van der Waals surface area contributed by atoms with Gasteiger partial charge < -0.3 is 15.7 Å². The van der Waals surface area contributed by atoms with Crippen molar-refractivity contribution in [1.29, 1.82) is 0 Å². The van der Waals surface area contributed by atoms with Gasteiger partial charge in [-0.2, -0.15) is 13.2 Å². The van der Waals surface area contributed by atoms with Gasteiger partial charge in [0.05, 0.1) is 19.6 Å². The number of halogens is 3. The van der Waals surface area contributed by atoms with Crippen LogP contribution >= 0.6 is 0 Å². The van der Waals surface area contributed by atoms with E-state index >= 15 is 0 Å². The SMILES string of the molecule is CCNC(=NCC(CO)c1ccccc1)NCCC(F)(F)F. The quantitative estimate of drug-likeness (QED) is 0.534. The summed E-state index contributed by atoms with van der Waals surface area (Å²) in [7, 11) is 0. The van der Waals surface area contributed by atoms with Crippen LogP contribution in [0.4, 0.5) is 13.2 Å². The number of aliphatic imine (C=N–C) groups is 1. The third-order valence-electron chi connectivity index (χ3n) is 3.01. The number of hydrogen-bond donors (Lipinski definition) is 3. The lowest BCUT2D eigenvalue weighted by Crippen LogP contribution is -2.39. The second-order valence-corrected chi connectivity index (χ2v) is 4.80. The van der Waals surface area contributed by atoms with Gasteiger partial charge in [-0.05, 0) is 12.5 Å². The molecule has 0 aliphatic heterocycles. The molecule has 1 rings (SSSR count). The standard InChI is InChI=1S/C15H22F3N3O/c1-2-19-14(20-9-8-15(16,17)18)21-10-13(11-22)12-6-4-3-5-7-12/h3-7,13,22H,2,8-11H2,1H3,(H2,19,20,21). The smallest absolute Gasteiger partial charge is 0.390 e. The molecule has 1 aromatic rings. The molecule has 0 saturated carbocycles. The first kappa shape index (κ1) is 18.3. The Morgan fingerprint density at radius 1 is 1.23 bits per heavy atom. The van der Waals surface area contributed by atoms with Crippen LogP contribution in [0.1, 0.15) is 24.8 Å². The average molecular weight is 317 g/mol. The van der Waals surface area contributed by atoms with Crippen LogP contribution in [0.25, 0.3) is 0 Å². The van der Waals surface area contributed by atoms with Crippen molar-refractivity contribution in [2.24, 2.45) is 4.99 Å². The van der Waals surface area contributed by atoms with Crippen LogP contribution < -0.4 is 10.6 Å². The second kappa shape index (κ2) is 9.30. The highest BCUT2D eigenvalue weighted by atomic mass is 19.4. The van der Waals surface area contributed by atoms with Gasteiger partial charge in [-0.3, -0.25) is 4.99 Å². The third-order valence-corrected chi connectivity index (χ3v) is 3.01. The first-order valence-corrected chi connectivity index (χ1v) is 7.21. The van der Waals surface area contributed by atoms with E-state index in [2.05, 4.69) is 15.6 Å². The Balaban J connectivity index is 2.60. The van der Waals surface area contributed by atoms with Gasteiger partial charge in [0.25, 0.3) is 0 Å². The largest absolute Gasteiger partial charge is 0.396 e. The number of nitrogens with one attached hydrogen (secondary N) is 2. The molecule has 0 fully saturated rings. The summed E-state index contributed by atoms with van der Waals surface area (Å²) in [6, 6.07) is 9.40. The lowest BCUT2D eigenvalue weighted by molar-refractivity contribution is -0.132. The highest BCUT2D eigenvalue weighted by Crippen LogP contribution is 2.18. The van der Waals surface area contributed by atoms with Crippen molar-refractivity contribution in [1.82, 2.24) is 10.6 Å². The molecule has 0 radical (unpaired) electrons. The van der Waals surface area contributed by atoms with Crippen molar-refractivity contribution in [3.8, 4) is 0 Å². The molecule has 3 N–H and O–H groups in total. The summed E-state index contributed by atoms with van der Waals surface area (Å²) < 4.78 is 36.4. The lowest BCUT2D eigenvalue weighted by atomic mass is 10.0. The van der Waals surface area contributed by atoms with E-state index in [0.29, 0.717) is 19.0 Å². The van der Waals surface area contributed by atoms with Crippen molar-refractivity contribution < 1.29 is 18.3 Å². The predicted molar refractivity (Wildman–Crippen MR) is 80.9 cm³/mol. The summed E-state index contributed by atoms with van der Waals surface area (Å²) in [5.41, 5.74) is 0.944. The fourth-order valence-corrected chi connectivity index (χ4v) is 1.86. The fourth-order valence-electron chi connectivity index (χ4n) is 1.86. The number of nitrogens with zero attached hydrogens (tertiary/aromatic N) is 1. The Kier molecular flexibility index (Phi) is 7.73. The van der Waals surface area contributed by atoms with Crippen LogP contribution in [0.3, 0.4) is 0 Å². The normalized spacial score (nSPS) is 13.8. The summed E-state index contributed by atoms with van der Waals surface area (Å²) in [5, 5.41) is 15.0. The zero-order valence-corrected chi connectivity index (χ0v) is 12.5. The maximum Gasteiger partial charge on any atom is 0.390 e. The molecule has 0 aromatic heterocycles. The molecule has 0 aliphatic rings.